The molecule has 0 unspecified atom stereocenters. The minimum Gasteiger partial charge on any atom is -0.304 e. The highest BCUT2D eigenvalue weighted by atomic mass is 15.1. The van der Waals surface area contributed by atoms with Gasteiger partial charge in [0.15, 0.2) is 0 Å². The number of aryl methyl sites for hydroxylation is 1. The average molecular weight is 226 g/mol. The summed E-state index contributed by atoms with van der Waals surface area (Å²) in [6.45, 7) is 2.97. The maximum absolute atomic E-state index is 4.67. The second-order valence-corrected chi connectivity index (χ2v) is 4.62. The smallest absolute Gasteiger partial charge is 0.0705 e. The summed E-state index contributed by atoms with van der Waals surface area (Å²) in [6.07, 6.45) is 0. The van der Waals surface area contributed by atoms with E-state index in [-0.39, 0.29) is 0 Å². The highest BCUT2D eigenvalue weighted by Gasteiger charge is 2.01. The third-order valence-corrected chi connectivity index (χ3v) is 2.63. The van der Waals surface area contributed by atoms with Crippen LogP contribution in [0.5, 0.6) is 0 Å². The van der Waals surface area contributed by atoms with Crippen molar-refractivity contribution in [2.24, 2.45) is 0 Å². The van der Waals surface area contributed by atoms with Crippen LogP contribution in [0.15, 0.2) is 42.5 Å². The van der Waals surface area contributed by atoms with E-state index in [4.69, 9.17) is 0 Å². The van der Waals surface area contributed by atoms with Crippen molar-refractivity contribution in [3.63, 3.8) is 0 Å². The van der Waals surface area contributed by atoms with E-state index < -0.39 is 0 Å². The van der Waals surface area contributed by atoms with E-state index in [1.807, 2.05) is 0 Å². The van der Waals surface area contributed by atoms with Gasteiger partial charge < -0.3 is 4.90 Å². The normalized spacial score (nSPS) is 10.8. The fourth-order valence-corrected chi connectivity index (χ4v) is 1.78. The van der Waals surface area contributed by atoms with Crippen LogP contribution in [-0.4, -0.2) is 24.0 Å². The summed E-state index contributed by atoms with van der Waals surface area (Å²) in [6, 6.07) is 14.7. The lowest BCUT2D eigenvalue weighted by Gasteiger charge is -2.10. The first-order valence-corrected chi connectivity index (χ1v) is 5.83. The van der Waals surface area contributed by atoms with Gasteiger partial charge in [0.05, 0.1) is 11.4 Å². The maximum atomic E-state index is 4.67. The minimum atomic E-state index is 0.875. The summed E-state index contributed by atoms with van der Waals surface area (Å²) in [7, 11) is 4.11. The number of rotatable bonds is 3. The van der Waals surface area contributed by atoms with Crippen molar-refractivity contribution in [3.05, 3.63) is 53.7 Å². The van der Waals surface area contributed by atoms with Crippen molar-refractivity contribution in [2.45, 2.75) is 13.5 Å². The van der Waals surface area contributed by atoms with E-state index in [0.29, 0.717) is 0 Å². The van der Waals surface area contributed by atoms with Crippen molar-refractivity contribution in [1.29, 1.82) is 0 Å². The van der Waals surface area contributed by atoms with Crippen LogP contribution in [0.2, 0.25) is 0 Å². The molecule has 0 saturated heterocycles. The van der Waals surface area contributed by atoms with Gasteiger partial charge >= 0.3 is 0 Å². The minimum absolute atomic E-state index is 0.875. The molecular weight excluding hydrogens is 208 g/mol. The summed E-state index contributed by atoms with van der Waals surface area (Å²) in [4.78, 5) is 6.80. The summed E-state index contributed by atoms with van der Waals surface area (Å²) in [5, 5.41) is 0. The standard InChI is InChI=1S/C15H18N2/c1-12-7-9-13(10-8-12)15-6-4-5-14(16-15)11-17(2)3/h4-10H,11H2,1-3H3. The van der Waals surface area contributed by atoms with Gasteiger partial charge in [0, 0.05) is 12.1 Å². The van der Waals surface area contributed by atoms with Gasteiger partial charge in [0.2, 0.25) is 0 Å². The SMILES string of the molecule is Cc1ccc(-c2cccc(CN(C)C)n2)cc1. The molecule has 1 heterocycles. The van der Waals surface area contributed by atoms with Gasteiger partial charge in [0.1, 0.15) is 0 Å². The maximum Gasteiger partial charge on any atom is 0.0705 e. The molecule has 0 N–H and O–H groups in total. The molecule has 1 aromatic heterocycles. The largest absolute Gasteiger partial charge is 0.304 e. The molecule has 0 radical (unpaired) electrons. The Morgan fingerprint density at radius 3 is 2.35 bits per heavy atom. The van der Waals surface area contributed by atoms with E-state index in [1.165, 1.54) is 11.1 Å². The number of hydrogen-bond donors (Lipinski definition) is 0. The topological polar surface area (TPSA) is 16.1 Å². The van der Waals surface area contributed by atoms with Gasteiger partial charge in [-0.25, -0.2) is 0 Å². The molecule has 0 saturated carbocycles. The van der Waals surface area contributed by atoms with Crippen molar-refractivity contribution >= 4 is 0 Å². The fraction of sp³-hybridized carbons (Fsp3) is 0.267. The van der Waals surface area contributed by atoms with Gasteiger partial charge in [-0.05, 0) is 33.2 Å². The molecule has 2 heteroatoms. The molecule has 2 rings (SSSR count). The molecule has 0 aliphatic carbocycles. The van der Waals surface area contributed by atoms with Gasteiger partial charge in [-0.1, -0.05) is 35.9 Å². The molecule has 0 bridgehead atoms. The van der Waals surface area contributed by atoms with Crippen LogP contribution >= 0.6 is 0 Å². The highest BCUT2D eigenvalue weighted by molar-refractivity contribution is 5.59. The van der Waals surface area contributed by atoms with Crippen molar-refractivity contribution in [3.8, 4) is 11.3 Å². The monoisotopic (exact) mass is 226 g/mol. The van der Waals surface area contributed by atoms with E-state index in [2.05, 4.69) is 73.4 Å². The molecule has 0 fully saturated rings. The van der Waals surface area contributed by atoms with E-state index in [1.54, 1.807) is 0 Å². The van der Waals surface area contributed by atoms with Crippen molar-refractivity contribution in [2.75, 3.05) is 14.1 Å². The Morgan fingerprint density at radius 2 is 1.71 bits per heavy atom. The Bertz CT molecular complexity index is 487. The molecule has 2 aromatic rings. The third-order valence-electron chi connectivity index (χ3n) is 2.63. The quantitative estimate of drug-likeness (QED) is 0.799. The van der Waals surface area contributed by atoms with Gasteiger partial charge in [-0.2, -0.15) is 0 Å². The molecule has 1 aromatic carbocycles. The van der Waals surface area contributed by atoms with Crippen LogP contribution in [0.25, 0.3) is 11.3 Å². The lowest BCUT2D eigenvalue weighted by Crippen LogP contribution is -2.11. The first-order chi connectivity index (χ1) is 8.15. The predicted octanol–water partition coefficient (Wildman–Crippen LogP) is 3.12. The van der Waals surface area contributed by atoms with Crippen LogP contribution in [0.1, 0.15) is 11.3 Å². The van der Waals surface area contributed by atoms with Gasteiger partial charge in [0.25, 0.3) is 0 Å². The lowest BCUT2D eigenvalue weighted by molar-refractivity contribution is 0.397. The third kappa shape index (κ3) is 3.14. The van der Waals surface area contributed by atoms with E-state index in [9.17, 15) is 0 Å². The van der Waals surface area contributed by atoms with Gasteiger partial charge in [-0.3, -0.25) is 4.98 Å². The summed E-state index contributed by atoms with van der Waals surface area (Å²) in [5.41, 5.74) is 4.60. The van der Waals surface area contributed by atoms with Crippen LogP contribution in [0.4, 0.5) is 0 Å². The first-order valence-electron chi connectivity index (χ1n) is 5.83. The van der Waals surface area contributed by atoms with E-state index in [0.717, 1.165) is 17.9 Å². The molecule has 0 atom stereocenters. The van der Waals surface area contributed by atoms with Crippen molar-refractivity contribution in [1.82, 2.24) is 9.88 Å². The number of hydrogen-bond acceptors (Lipinski definition) is 2. The van der Waals surface area contributed by atoms with Gasteiger partial charge in [-0.15, -0.1) is 0 Å². The fourth-order valence-electron chi connectivity index (χ4n) is 1.78. The highest BCUT2D eigenvalue weighted by Crippen LogP contribution is 2.17. The molecule has 17 heavy (non-hydrogen) atoms. The summed E-state index contributed by atoms with van der Waals surface area (Å²) >= 11 is 0. The molecule has 0 aliphatic rings. The van der Waals surface area contributed by atoms with Crippen molar-refractivity contribution < 1.29 is 0 Å². The molecule has 0 spiro atoms. The lowest BCUT2D eigenvalue weighted by atomic mass is 10.1. The molecular formula is C15H18N2. The number of benzene rings is 1. The number of pyridine rings is 1. The first kappa shape index (κ1) is 11.8. The zero-order chi connectivity index (χ0) is 12.3. The molecule has 0 aliphatic heterocycles. The Morgan fingerprint density at radius 1 is 1.00 bits per heavy atom. The van der Waals surface area contributed by atoms with Crippen LogP contribution in [0, 0.1) is 6.92 Å². The zero-order valence-corrected chi connectivity index (χ0v) is 10.6. The number of nitrogens with zero attached hydrogens (tertiary/aromatic N) is 2. The Labute approximate surface area is 103 Å². The average Bonchev–Trinajstić information content (AvgIpc) is 2.29. The van der Waals surface area contributed by atoms with Crippen LogP contribution in [0.3, 0.4) is 0 Å². The second kappa shape index (κ2) is 5.11. The summed E-state index contributed by atoms with van der Waals surface area (Å²) in [5.74, 6) is 0. The molecule has 2 nitrogen and oxygen atoms in total. The van der Waals surface area contributed by atoms with Crippen LogP contribution in [-0.2, 0) is 6.54 Å². The predicted molar refractivity (Wildman–Crippen MR) is 71.8 cm³/mol. The summed E-state index contributed by atoms with van der Waals surface area (Å²) < 4.78 is 0. The second-order valence-electron chi connectivity index (χ2n) is 4.62. The Kier molecular flexibility index (Phi) is 3.55. The number of aromatic nitrogens is 1. The van der Waals surface area contributed by atoms with Crippen LogP contribution < -0.4 is 0 Å². The molecule has 0 amide bonds. The van der Waals surface area contributed by atoms with E-state index >= 15 is 0 Å². The Balaban J connectivity index is 2.29. The molecule has 88 valence electrons. The Hall–Kier alpha value is -1.67. The zero-order valence-electron chi connectivity index (χ0n) is 10.6.